The lowest BCUT2D eigenvalue weighted by Crippen LogP contribution is -2.58. The molecule has 2 bridgehead atoms. The zero-order valence-electron chi connectivity index (χ0n) is 24.4. The lowest BCUT2D eigenvalue weighted by Gasteiger charge is -2.49. The predicted octanol–water partition coefficient (Wildman–Crippen LogP) is 5.19. The summed E-state index contributed by atoms with van der Waals surface area (Å²) in [5, 5.41) is 12.2. The van der Waals surface area contributed by atoms with E-state index in [0.717, 1.165) is 31.3 Å². The Morgan fingerprint density at radius 1 is 1.13 bits per heavy atom. The largest absolute Gasteiger partial charge is 0.462 e. The van der Waals surface area contributed by atoms with Gasteiger partial charge in [-0.05, 0) is 63.0 Å². The lowest BCUT2D eigenvalue weighted by molar-refractivity contribution is -0.332. The quantitative estimate of drug-likeness (QED) is 0.361. The Labute approximate surface area is 233 Å². The van der Waals surface area contributed by atoms with Crippen LogP contribution < -0.4 is 0 Å². The van der Waals surface area contributed by atoms with Gasteiger partial charge in [0.15, 0.2) is 5.79 Å². The molecular weight excluding hydrogens is 496 g/mol. The maximum atomic E-state index is 13.9. The molecule has 0 unspecified atom stereocenters. The molecule has 5 aliphatic rings. The number of ether oxygens (including phenoxy) is 5. The van der Waals surface area contributed by atoms with Crippen LogP contribution in [-0.2, 0) is 28.5 Å². The van der Waals surface area contributed by atoms with Gasteiger partial charge in [-0.3, -0.25) is 4.79 Å². The van der Waals surface area contributed by atoms with Crippen LogP contribution in [0.3, 0.4) is 0 Å². The average Bonchev–Trinajstić information content (AvgIpc) is 3.21. The van der Waals surface area contributed by atoms with E-state index >= 15 is 0 Å². The minimum atomic E-state index is -1.55. The third-order valence-electron chi connectivity index (χ3n) is 9.52. The van der Waals surface area contributed by atoms with Gasteiger partial charge in [-0.15, -0.1) is 0 Å². The molecule has 10 atom stereocenters. The van der Waals surface area contributed by atoms with Gasteiger partial charge in [0.25, 0.3) is 0 Å². The van der Waals surface area contributed by atoms with Gasteiger partial charge in [0.1, 0.15) is 29.8 Å². The molecule has 3 saturated heterocycles. The molecule has 4 heterocycles. The number of rotatable bonds is 1. The Morgan fingerprint density at radius 3 is 2.67 bits per heavy atom. The first-order valence-corrected chi connectivity index (χ1v) is 14.7. The molecule has 3 fully saturated rings. The molecule has 0 aromatic rings. The summed E-state index contributed by atoms with van der Waals surface area (Å²) < 4.78 is 31.3. The number of fused-ring (bicyclic) bond motifs is 2. The summed E-state index contributed by atoms with van der Waals surface area (Å²) in [6.45, 7) is 10.8. The van der Waals surface area contributed by atoms with Crippen LogP contribution in [-0.4, -0.2) is 66.7 Å². The summed E-state index contributed by atoms with van der Waals surface area (Å²) in [5.74, 6) is -1.33. The summed E-state index contributed by atoms with van der Waals surface area (Å²) in [4.78, 5) is 13.9. The van der Waals surface area contributed by atoms with Gasteiger partial charge >= 0.3 is 5.97 Å². The molecule has 7 nitrogen and oxygen atoms in total. The Morgan fingerprint density at radius 2 is 1.92 bits per heavy atom. The Kier molecular flexibility index (Phi) is 8.29. The second-order valence-electron chi connectivity index (χ2n) is 12.6. The molecule has 0 aromatic heterocycles. The third kappa shape index (κ3) is 5.58. The summed E-state index contributed by atoms with van der Waals surface area (Å²) >= 11 is 0. The van der Waals surface area contributed by atoms with Crippen LogP contribution in [0, 0.1) is 17.8 Å². The maximum absolute atomic E-state index is 13.9. The van der Waals surface area contributed by atoms with E-state index in [1.165, 1.54) is 5.57 Å². The summed E-state index contributed by atoms with van der Waals surface area (Å²) in [6, 6.07) is 0. The minimum Gasteiger partial charge on any atom is -0.462 e. The van der Waals surface area contributed by atoms with E-state index in [0.29, 0.717) is 30.3 Å². The van der Waals surface area contributed by atoms with Crippen molar-refractivity contribution in [3.05, 3.63) is 47.1 Å². The lowest BCUT2D eigenvalue weighted by atomic mass is 9.70. The number of carbonyl (C=O) groups is 1. The minimum absolute atomic E-state index is 0.0660. The van der Waals surface area contributed by atoms with Crippen LogP contribution in [0.25, 0.3) is 0 Å². The van der Waals surface area contributed by atoms with Crippen molar-refractivity contribution >= 4 is 5.97 Å². The number of esters is 1. The first-order valence-electron chi connectivity index (χ1n) is 14.7. The van der Waals surface area contributed by atoms with Crippen molar-refractivity contribution in [1.82, 2.24) is 0 Å². The van der Waals surface area contributed by atoms with Crippen molar-refractivity contribution < 1.29 is 33.6 Å². The Balaban J connectivity index is 1.52. The molecule has 0 radical (unpaired) electrons. The molecule has 7 heteroatoms. The molecular formula is C32H46O7. The number of carbonyl (C=O) groups excluding carboxylic acids is 1. The van der Waals surface area contributed by atoms with Crippen LogP contribution in [0.1, 0.15) is 73.1 Å². The molecule has 0 saturated carbocycles. The van der Waals surface area contributed by atoms with Gasteiger partial charge in [-0.2, -0.15) is 0 Å². The van der Waals surface area contributed by atoms with Gasteiger partial charge in [0.2, 0.25) is 0 Å². The highest BCUT2D eigenvalue weighted by atomic mass is 16.7. The van der Waals surface area contributed by atoms with E-state index in [4.69, 9.17) is 23.7 Å². The molecule has 216 valence electrons. The topological polar surface area (TPSA) is 83.5 Å². The van der Waals surface area contributed by atoms with E-state index < -0.39 is 35.5 Å². The highest BCUT2D eigenvalue weighted by Crippen LogP contribution is 2.47. The van der Waals surface area contributed by atoms with Crippen molar-refractivity contribution in [3.63, 3.8) is 0 Å². The van der Waals surface area contributed by atoms with Crippen molar-refractivity contribution in [2.75, 3.05) is 13.7 Å². The van der Waals surface area contributed by atoms with E-state index in [1.807, 2.05) is 25.2 Å². The molecule has 1 N–H and O–H groups in total. The average molecular weight is 543 g/mol. The highest BCUT2D eigenvalue weighted by Gasteiger charge is 2.60. The van der Waals surface area contributed by atoms with Crippen LogP contribution in [0.5, 0.6) is 0 Å². The second-order valence-corrected chi connectivity index (χ2v) is 12.6. The van der Waals surface area contributed by atoms with Gasteiger partial charge in [0.05, 0.1) is 18.8 Å². The normalized spacial score (nSPS) is 48.7. The van der Waals surface area contributed by atoms with Crippen LogP contribution in [0.15, 0.2) is 47.1 Å². The van der Waals surface area contributed by atoms with Crippen molar-refractivity contribution in [1.29, 1.82) is 0 Å². The second kappa shape index (κ2) is 11.2. The fraction of sp³-hybridized carbons (Fsp3) is 0.719. The van der Waals surface area contributed by atoms with E-state index in [9.17, 15) is 9.90 Å². The fourth-order valence-corrected chi connectivity index (χ4v) is 7.14. The smallest absolute Gasteiger partial charge is 0.316 e. The first-order chi connectivity index (χ1) is 18.5. The van der Waals surface area contributed by atoms with Crippen LogP contribution >= 0.6 is 0 Å². The Hall–Kier alpha value is -1.77. The molecule has 1 spiro atoms. The van der Waals surface area contributed by atoms with Gasteiger partial charge in [-0.25, -0.2) is 0 Å². The molecule has 0 aromatic carbocycles. The monoisotopic (exact) mass is 542 g/mol. The van der Waals surface area contributed by atoms with Crippen molar-refractivity contribution in [2.45, 2.75) is 115 Å². The molecule has 1 aliphatic carbocycles. The number of hydrogen-bond donors (Lipinski definition) is 1. The van der Waals surface area contributed by atoms with E-state index in [2.05, 4.69) is 39.8 Å². The predicted molar refractivity (Wildman–Crippen MR) is 148 cm³/mol. The summed E-state index contributed by atoms with van der Waals surface area (Å²) in [7, 11) is 1.61. The molecule has 0 amide bonds. The van der Waals surface area contributed by atoms with Gasteiger partial charge in [0, 0.05) is 26.4 Å². The maximum Gasteiger partial charge on any atom is 0.316 e. The zero-order valence-corrected chi connectivity index (χ0v) is 24.4. The van der Waals surface area contributed by atoms with Crippen LogP contribution in [0.2, 0.25) is 0 Å². The number of aliphatic hydroxyl groups is 1. The highest BCUT2D eigenvalue weighted by molar-refractivity contribution is 5.78. The molecule has 39 heavy (non-hydrogen) atoms. The number of hydrogen-bond acceptors (Lipinski definition) is 7. The standard InChI is InChI=1S/C32H46O7/c1-19-8-7-9-24-18-36-29-28(35-6)22(4)15-27(32(24,29)34)30(33)37-26-16-25(11-10-20(2)14-19)39-31(17-26)13-12-21(3)23(5)38-31/h7-10,15,19,21,23,25-29,34H,11-14,16-18H2,1-6H3/b8-7+,20-10+,24-9+/t19-,21-,23+,25-,26-,27+,28-,29+,31-,32-/m0/s1. The third-order valence-corrected chi connectivity index (χ3v) is 9.52. The number of methoxy groups -OCH3 is 1. The van der Waals surface area contributed by atoms with Gasteiger partial charge < -0.3 is 28.8 Å². The summed E-state index contributed by atoms with van der Waals surface area (Å²) in [5.41, 5.74) is 1.27. The first kappa shape index (κ1) is 28.7. The zero-order chi connectivity index (χ0) is 27.9. The molecule has 4 aliphatic heterocycles. The van der Waals surface area contributed by atoms with E-state index in [-0.39, 0.29) is 24.9 Å². The van der Waals surface area contributed by atoms with Gasteiger partial charge in [-0.1, -0.05) is 49.8 Å². The SMILES string of the molecule is CO[C@H]1C(C)=C[C@@H]2C(=O)O[C@H]3C[C@H](C/C=C(\C)C[C@@H](C)/C=C/C=C4\CO[C@H]1[C@]42O)O[C@@]1(CC[C@H](C)[C@@H](C)O1)C3. The van der Waals surface area contributed by atoms with E-state index in [1.54, 1.807) is 7.11 Å². The Bertz CT molecular complexity index is 1060. The van der Waals surface area contributed by atoms with Crippen molar-refractivity contribution in [3.8, 4) is 0 Å². The summed E-state index contributed by atoms with van der Waals surface area (Å²) in [6.07, 6.45) is 13.1. The van der Waals surface area contributed by atoms with Crippen molar-refractivity contribution in [2.24, 2.45) is 17.8 Å². The fourth-order valence-electron chi connectivity index (χ4n) is 7.14. The van der Waals surface area contributed by atoms with Crippen LogP contribution in [0.4, 0.5) is 0 Å². The number of allylic oxidation sites excluding steroid dienone is 4. The molecule has 5 rings (SSSR count).